The fraction of sp³-hybridized carbons (Fsp3) is 0.474. The first-order chi connectivity index (χ1) is 47.4. The number of aryl methyl sites for hydroxylation is 6. The maximum Gasteiger partial charge on any atom is 0.166 e. The number of halogens is 3. The van der Waals surface area contributed by atoms with Gasteiger partial charge in [-0.3, -0.25) is 33.5 Å². The van der Waals surface area contributed by atoms with Crippen LogP contribution in [0, 0.1) is 62.3 Å². The fourth-order valence-electron chi connectivity index (χ4n) is 14.0. The van der Waals surface area contributed by atoms with Gasteiger partial charge in [-0.15, -0.1) is 64.6 Å². The maximum absolute atomic E-state index is 13.4. The van der Waals surface area contributed by atoms with Gasteiger partial charge in [0.2, 0.25) is 0 Å². The molecule has 0 bridgehead atoms. The van der Waals surface area contributed by atoms with Gasteiger partial charge in [0.1, 0.15) is 55.9 Å². The molecule has 9 aromatic rings. The molecule has 0 radical (unpaired) electrons. The van der Waals surface area contributed by atoms with E-state index in [1.165, 1.54) is 92.8 Å². The van der Waals surface area contributed by atoms with Gasteiger partial charge >= 0.3 is 0 Å². The van der Waals surface area contributed by atoms with Crippen LogP contribution in [0.25, 0.3) is 15.0 Å². The summed E-state index contributed by atoms with van der Waals surface area (Å²) in [7, 11) is 8.48. The Bertz CT molecular complexity index is 4460. The van der Waals surface area contributed by atoms with Gasteiger partial charge in [-0.2, -0.15) is 0 Å². The van der Waals surface area contributed by atoms with Crippen LogP contribution in [0.5, 0.6) is 0 Å². The molecule has 6 aromatic heterocycles. The molecule has 5 aliphatic heterocycles. The summed E-state index contributed by atoms with van der Waals surface area (Å²) in [5.41, 5.74) is 12.4. The summed E-state index contributed by atoms with van der Waals surface area (Å²) < 4.78 is 6.53. The number of nitrogens with zero attached hydrogens (tertiary/aromatic N) is 17. The number of hydrogen-bond acceptors (Lipinski definition) is 18. The number of ketones is 1. The van der Waals surface area contributed by atoms with E-state index in [9.17, 15) is 4.79 Å². The van der Waals surface area contributed by atoms with Crippen LogP contribution in [0.1, 0.15) is 171 Å². The number of likely N-dealkylation sites (tertiary alicyclic amines) is 1. The molecule has 0 saturated carbocycles. The predicted octanol–water partition coefficient (Wildman–Crippen LogP) is 15.6. The molecule has 0 spiro atoms. The van der Waals surface area contributed by atoms with E-state index in [0.717, 1.165) is 153 Å². The highest BCUT2D eigenvalue weighted by molar-refractivity contribution is 7.15. The van der Waals surface area contributed by atoms with Crippen LogP contribution in [-0.2, 0) is 10.3 Å². The molecule has 3 aromatic carbocycles. The second-order valence-electron chi connectivity index (χ2n) is 27.7. The number of rotatable bonds is 17. The quantitative estimate of drug-likeness (QED) is 0.0849. The Balaban J connectivity index is 0.000000152. The number of hydrogen-bond donors (Lipinski definition) is 0. The van der Waals surface area contributed by atoms with Gasteiger partial charge < -0.3 is 24.5 Å². The number of thiophene rings is 3. The minimum absolute atomic E-state index is 0. The molecule has 100 heavy (non-hydrogen) atoms. The summed E-state index contributed by atoms with van der Waals surface area (Å²) in [6, 6.07) is 23.6. The van der Waals surface area contributed by atoms with Gasteiger partial charge in [0, 0.05) is 115 Å². The van der Waals surface area contributed by atoms with Crippen molar-refractivity contribution in [3.8, 4) is 15.0 Å². The number of likely N-dealkylation sites (N-methyl/N-ethyl adjacent to an activating group) is 3. The number of benzene rings is 3. The number of aromatic nitrogens is 9. The van der Waals surface area contributed by atoms with Crippen LogP contribution >= 0.6 is 68.8 Å². The Kier molecular flexibility index (Phi) is 23.9. The standard InChI is InChI=1S/C28H35ClN6OS.C27H35ClN6S.C20H22ClN5S.CH4/c1-18-19(2)37-26-24(18)25(21-8-10-22(29)11-9-21)30-28(4,27-32-31-20(3)35(26)27)17-23(36)7-6-12-34-15-13-33(5)14-16-34;1-18-19(2)35-27-24(18)25(21-9-11-22(28)12-10-21)29-23(26-31-30-20(3)34(26)27)17-32(4)13-8-16-33-14-6-5-7-15-33;1-11-12(2)27-20-17(11)18(14-6-8-15(21)9-7-14)22-16(10-25(4)5)19-24-23-13(3)26(19)20;/h8-11H,6-7,12-17H2,1-5H3;9-12,23H,5-8,13-17H2,1-4H3;6-9,16H,10H2,1-5H3;1H4/t28-;23-;16-;/m000./s1. The van der Waals surface area contributed by atoms with Crippen molar-refractivity contribution in [2.45, 2.75) is 139 Å². The molecule has 18 nitrogen and oxygen atoms in total. The first kappa shape index (κ1) is 74.7. The molecular formula is C76H96Cl3N17OS3. The van der Waals surface area contributed by atoms with Gasteiger partial charge in [0.15, 0.2) is 17.5 Å². The third-order valence-corrected chi connectivity index (χ3v) is 24.2. The van der Waals surface area contributed by atoms with Crippen molar-refractivity contribution in [3.05, 3.63) is 188 Å². The topological polar surface area (TPSA) is 162 Å². The fourth-order valence-corrected chi connectivity index (χ4v) is 18.1. The zero-order valence-electron chi connectivity index (χ0n) is 59.7. The molecule has 2 fully saturated rings. The number of piperidine rings is 1. The zero-order valence-corrected chi connectivity index (χ0v) is 64.4. The number of Topliss-reactive ketones (excluding diaryl/α,β-unsaturated/α-hetero) is 1. The van der Waals surface area contributed by atoms with Crippen LogP contribution in [0.15, 0.2) is 87.8 Å². The lowest BCUT2D eigenvalue weighted by atomic mass is 9.92. The number of carbonyl (C=O) groups is 1. The molecule has 11 heterocycles. The summed E-state index contributed by atoms with van der Waals surface area (Å²) in [6.07, 6.45) is 6.95. The van der Waals surface area contributed by atoms with Crippen molar-refractivity contribution in [1.29, 1.82) is 0 Å². The Morgan fingerprint density at radius 1 is 0.520 bits per heavy atom. The molecular weight excluding hydrogens is 1370 g/mol. The summed E-state index contributed by atoms with van der Waals surface area (Å²) in [5.74, 6) is 5.37. The molecule has 0 unspecified atom stereocenters. The Labute approximate surface area is 617 Å². The highest BCUT2D eigenvalue weighted by Crippen LogP contribution is 2.44. The number of piperazine rings is 1. The molecule has 2 saturated heterocycles. The molecule has 530 valence electrons. The van der Waals surface area contributed by atoms with Gasteiger partial charge in [0.05, 0.1) is 17.1 Å². The molecule has 14 rings (SSSR count). The highest BCUT2D eigenvalue weighted by Gasteiger charge is 2.41. The predicted molar refractivity (Wildman–Crippen MR) is 415 cm³/mol. The van der Waals surface area contributed by atoms with Crippen LogP contribution in [0.3, 0.4) is 0 Å². The van der Waals surface area contributed by atoms with E-state index >= 15 is 0 Å². The minimum atomic E-state index is -0.833. The van der Waals surface area contributed by atoms with E-state index < -0.39 is 5.54 Å². The highest BCUT2D eigenvalue weighted by atomic mass is 35.5. The van der Waals surface area contributed by atoms with Gasteiger partial charge in [-0.05, 0) is 209 Å². The molecule has 24 heteroatoms. The Morgan fingerprint density at radius 2 is 0.930 bits per heavy atom. The van der Waals surface area contributed by atoms with Crippen molar-refractivity contribution >= 4 is 91.7 Å². The third kappa shape index (κ3) is 16.0. The second kappa shape index (κ2) is 32.0. The molecule has 0 aliphatic carbocycles. The zero-order chi connectivity index (χ0) is 70.1. The van der Waals surface area contributed by atoms with Crippen LogP contribution in [-0.4, -0.2) is 192 Å². The SMILES string of the molecule is C.Cc1sc2c(c1C)C(c1ccc(Cl)cc1)=N[C@@H](CN(C)C)c1nnc(C)n1-2.Cc1sc2c(c1C)C(c1ccc(Cl)cc1)=N[C@@H](CN(C)CCCN1CCCCC1)c1nnc(C)n1-2.Cc1sc2c(c1C)C(c1ccc(Cl)cc1)=N[C@@](C)(CC(=O)CCCN1CCN(C)CC1)c1nnc(C)n1-2. The normalized spacial score (nSPS) is 18.3. The molecule has 0 amide bonds. The van der Waals surface area contributed by atoms with E-state index in [1.807, 2.05) is 88.4 Å². The van der Waals surface area contributed by atoms with E-state index in [2.05, 4.69) is 151 Å². The van der Waals surface area contributed by atoms with E-state index in [1.54, 1.807) is 34.0 Å². The first-order valence-corrected chi connectivity index (χ1v) is 38.1. The molecule has 5 aliphatic rings. The van der Waals surface area contributed by atoms with E-state index in [-0.39, 0.29) is 31.7 Å². The van der Waals surface area contributed by atoms with Crippen molar-refractivity contribution in [1.82, 2.24) is 68.8 Å². The molecule has 3 atom stereocenters. The summed E-state index contributed by atoms with van der Waals surface area (Å²) in [6.45, 7) is 32.6. The number of aliphatic imine (C=N–C) groups is 3. The van der Waals surface area contributed by atoms with Crippen LogP contribution in [0.4, 0.5) is 0 Å². The van der Waals surface area contributed by atoms with Crippen LogP contribution < -0.4 is 0 Å². The van der Waals surface area contributed by atoms with E-state index in [4.69, 9.17) is 49.8 Å². The van der Waals surface area contributed by atoms with Gasteiger partial charge in [-0.1, -0.05) is 85.0 Å². The van der Waals surface area contributed by atoms with Crippen molar-refractivity contribution in [3.63, 3.8) is 0 Å². The van der Waals surface area contributed by atoms with Gasteiger partial charge in [0.25, 0.3) is 0 Å². The second-order valence-corrected chi connectivity index (χ2v) is 32.6. The summed E-state index contributed by atoms with van der Waals surface area (Å²) >= 11 is 23.9. The van der Waals surface area contributed by atoms with Crippen molar-refractivity contribution in [2.75, 3.05) is 100 Å². The number of fused-ring (bicyclic) bond motifs is 9. The summed E-state index contributed by atoms with van der Waals surface area (Å²) in [4.78, 5) is 45.1. The lowest BCUT2D eigenvalue weighted by Crippen LogP contribution is -2.44. The third-order valence-electron chi connectivity index (χ3n) is 19.9. The minimum Gasteiger partial charge on any atom is -0.307 e. The molecule has 0 N–H and O–H groups in total. The largest absolute Gasteiger partial charge is 0.307 e. The average molecular weight is 1470 g/mol. The van der Waals surface area contributed by atoms with Gasteiger partial charge in [-0.25, -0.2) is 0 Å². The van der Waals surface area contributed by atoms with Crippen molar-refractivity contribution in [2.24, 2.45) is 15.0 Å². The van der Waals surface area contributed by atoms with E-state index in [0.29, 0.717) is 11.4 Å². The smallest absolute Gasteiger partial charge is 0.166 e. The van der Waals surface area contributed by atoms with Crippen LogP contribution in [0.2, 0.25) is 15.1 Å². The Hall–Kier alpha value is -6.47. The lowest BCUT2D eigenvalue weighted by molar-refractivity contribution is -0.120. The average Bonchev–Trinajstić information content (AvgIpc) is 1.59. The number of carbonyl (C=O) groups excluding carboxylic acids is 1. The summed E-state index contributed by atoms with van der Waals surface area (Å²) in [5, 5.41) is 32.5. The Morgan fingerprint density at radius 3 is 1.41 bits per heavy atom. The monoisotopic (exact) mass is 1460 g/mol. The first-order valence-electron chi connectivity index (χ1n) is 34.5. The van der Waals surface area contributed by atoms with Crippen molar-refractivity contribution < 1.29 is 4.79 Å². The maximum atomic E-state index is 13.4. The lowest BCUT2D eigenvalue weighted by Gasteiger charge is -2.32.